The van der Waals surface area contributed by atoms with Crippen LogP contribution < -0.4 is 5.32 Å². The van der Waals surface area contributed by atoms with Gasteiger partial charge in [0.05, 0.1) is 11.1 Å². The van der Waals surface area contributed by atoms with Crippen molar-refractivity contribution in [3.63, 3.8) is 0 Å². The van der Waals surface area contributed by atoms with Gasteiger partial charge in [0.25, 0.3) is 5.92 Å². The van der Waals surface area contributed by atoms with Crippen molar-refractivity contribution in [3.05, 3.63) is 34.1 Å². The molecule has 0 bridgehead atoms. The minimum Gasteiger partial charge on any atom is -0.308 e. The average molecular weight is 264 g/mol. The first kappa shape index (κ1) is 12.7. The second-order valence-corrected chi connectivity index (χ2v) is 4.76. The molecule has 1 N–H and O–H groups in total. The molecule has 1 nitrogen and oxygen atoms in total. The van der Waals surface area contributed by atoms with Crippen LogP contribution in [0.25, 0.3) is 0 Å². The first-order chi connectivity index (χ1) is 7.93. The largest absolute Gasteiger partial charge is 0.308 e. The number of nitrogens with one attached hydrogen (secondary N) is 1. The van der Waals surface area contributed by atoms with Crippen LogP contribution in [0.15, 0.2) is 12.1 Å². The molecule has 1 saturated heterocycles. The zero-order chi connectivity index (χ0) is 12.6. The molecule has 1 aromatic rings. The van der Waals surface area contributed by atoms with E-state index in [-0.39, 0.29) is 10.6 Å². The van der Waals surface area contributed by atoms with Gasteiger partial charge in [-0.15, -0.1) is 0 Å². The van der Waals surface area contributed by atoms with Crippen LogP contribution in [0.4, 0.5) is 13.2 Å². The Balaban J connectivity index is 2.41. The standard InChI is InChI=1S/C12H13ClF3N/c1-7-5-9(13)8(6-10(7)14)12(15,16)11-3-2-4-17-11/h5-6,11,17H,2-4H2,1H3. The van der Waals surface area contributed by atoms with Crippen LogP contribution in [0.1, 0.15) is 24.0 Å². The van der Waals surface area contributed by atoms with Crippen molar-refractivity contribution in [2.75, 3.05) is 6.54 Å². The number of hydrogen-bond acceptors (Lipinski definition) is 1. The maximum atomic E-state index is 14.1. The van der Waals surface area contributed by atoms with Crippen LogP contribution in [-0.2, 0) is 5.92 Å². The Morgan fingerprint density at radius 1 is 1.41 bits per heavy atom. The normalized spacial score (nSPS) is 20.9. The van der Waals surface area contributed by atoms with Crippen molar-refractivity contribution < 1.29 is 13.2 Å². The molecule has 1 heterocycles. The SMILES string of the molecule is Cc1cc(Cl)c(C(F)(F)C2CCCN2)cc1F. The van der Waals surface area contributed by atoms with Crippen molar-refractivity contribution in [3.8, 4) is 0 Å². The summed E-state index contributed by atoms with van der Waals surface area (Å²) in [6, 6.07) is 1.13. The van der Waals surface area contributed by atoms with E-state index in [2.05, 4.69) is 5.32 Å². The van der Waals surface area contributed by atoms with E-state index in [4.69, 9.17) is 11.6 Å². The average Bonchev–Trinajstić information content (AvgIpc) is 2.77. The highest BCUT2D eigenvalue weighted by Crippen LogP contribution is 2.40. The Bertz CT molecular complexity index is 428. The van der Waals surface area contributed by atoms with E-state index in [0.29, 0.717) is 19.4 Å². The van der Waals surface area contributed by atoms with Gasteiger partial charge in [-0.05, 0) is 44.0 Å². The van der Waals surface area contributed by atoms with E-state index in [1.165, 1.54) is 13.0 Å². The van der Waals surface area contributed by atoms with Gasteiger partial charge in [-0.25, -0.2) is 4.39 Å². The Labute approximate surface area is 103 Å². The third-order valence-corrected chi connectivity index (χ3v) is 3.42. The Hall–Kier alpha value is -0.740. The minimum atomic E-state index is -3.14. The smallest absolute Gasteiger partial charge is 0.289 e. The van der Waals surface area contributed by atoms with E-state index < -0.39 is 23.3 Å². The zero-order valence-corrected chi connectivity index (χ0v) is 10.1. The van der Waals surface area contributed by atoms with Crippen molar-refractivity contribution in [2.45, 2.75) is 31.7 Å². The number of rotatable bonds is 2. The summed E-state index contributed by atoms with van der Waals surface area (Å²) in [5.41, 5.74) is -0.157. The molecule has 2 rings (SSSR count). The van der Waals surface area contributed by atoms with Crippen LogP contribution >= 0.6 is 11.6 Å². The minimum absolute atomic E-state index is 0.0809. The number of hydrogen-bond donors (Lipinski definition) is 1. The van der Waals surface area contributed by atoms with Gasteiger partial charge in [-0.1, -0.05) is 11.6 Å². The van der Waals surface area contributed by atoms with Gasteiger partial charge in [0, 0.05) is 5.56 Å². The lowest BCUT2D eigenvalue weighted by Crippen LogP contribution is -2.38. The molecule has 1 aliphatic rings. The molecule has 0 aliphatic carbocycles. The van der Waals surface area contributed by atoms with Gasteiger partial charge >= 0.3 is 0 Å². The van der Waals surface area contributed by atoms with Crippen molar-refractivity contribution in [1.82, 2.24) is 5.32 Å². The maximum Gasteiger partial charge on any atom is 0.289 e. The number of aryl methyl sites for hydroxylation is 1. The molecule has 17 heavy (non-hydrogen) atoms. The molecular weight excluding hydrogens is 251 g/mol. The van der Waals surface area contributed by atoms with Gasteiger partial charge in [0.15, 0.2) is 0 Å². The highest BCUT2D eigenvalue weighted by atomic mass is 35.5. The summed E-state index contributed by atoms with van der Waals surface area (Å²) in [5, 5.41) is 2.64. The van der Waals surface area contributed by atoms with Crippen molar-refractivity contribution >= 4 is 11.6 Å². The van der Waals surface area contributed by atoms with Crippen LogP contribution in [0.3, 0.4) is 0 Å². The van der Waals surface area contributed by atoms with Crippen LogP contribution in [0.5, 0.6) is 0 Å². The fraction of sp³-hybridized carbons (Fsp3) is 0.500. The van der Waals surface area contributed by atoms with E-state index in [0.717, 1.165) is 6.07 Å². The third-order valence-electron chi connectivity index (χ3n) is 3.11. The van der Waals surface area contributed by atoms with Crippen LogP contribution in [0.2, 0.25) is 5.02 Å². The predicted octanol–water partition coefficient (Wildman–Crippen LogP) is 3.63. The molecule has 1 unspecified atom stereocenters. The highest BCUT2D eigenvalue weighted by Gasteiger charge is 2.44. The molecule has 5 heteroatoms. The predicted molar refractivity (Wildman–Crippen MR) is 61.1 cm³/mol. The van der Waals surface area contributed by atoms with Gasteiger partial charge in [-0.3, -0.25) is 0 Å². The first-order valence-corrected chi connectivity index (χ1v) is 5.88. The Morgan fingerprint density at radius 3 is 2.71 bits per heavy atom. The molecule has 1 aliphatic heterocycles. The van der Waals surface area contributed by atoms with E-state index in [1.807, 2.05) is 0 Å². The topological polar surface area (TPSA) is 12.0 Å². The van der Waals surface area contributed by atoms with Gasteiger partial charge < -0.3 is 5.32 Å². The fourth-order valence-electron chi connectivity index (χ4n) is 2.08. The fourth-order valence-corrected chi connectivity index (χ4v) is 2.43. The molecule has 1 fully saturated rings. The molecule has 94 valence electrons. The Kier molecular flexibility index (Phi) is 3.36. The quantitative estimate of drug-likeness (QED) is 0.859. The van der Waals surface area contributed by atoms with E-state index in [9.17, 15) is 13.2 Å². The van der Waals surface area contributed by atoms with Crippen molar-refractivity contribution in [1.29, 1.82) is 0 Å². The lowest BCUT2D eigenvalue weighted by molar-refractivity contribution is -0.0378. The van der Waals surface area contributed by atoms with E-state index in [1.54, 1.807) is 0 Å². The molecule has 0 spiro atoms. The van der Waals surface area contributed by atoms with Crippen LogP contribution in [-0.4, -0.2) is 12.6 Å². The molecule has 0 saturated carbocycles. The Morgan fingerprint density at radius 2 is 2.12 bits per heavy atom. The molecule has 1 aromatic carbocycles. The number of benzene rings is 1. The number of alkyl halides is 2. The molecule has 0 aromatic heterocycles. The molecule has 0 radical (unpaired) electrons. The second-order valence-electron chi connectivity index (χ2n) is 4.35. The van der Waals surface area contributed by atoms with E-state index >= 15 is 0 Å². The summed E-state index contributed by atoms with van der Waals surface area (Å²) in [7, 11) is 0. The monoisotopic (exact) mass is 263 g/mol. The molecule has 1 atom stereocenters. The summed E-state index contributed by atoms with van der Waals surface area (Å²) >= 11 is 5.79. The lowest BCUT2D eigenvalue weighted by Gasteiger charge is -2.25. The second kappa shape index (κ2) is 4.50. The summed E-state index contributed by atoms with van der Waals surface area (Å²) in [5.74, 6) is -3.79. The summed E-state index contributed by atoms with van der Waals surface area (Å²) < 4.78 is 41.6. The highest BCUT2D eigenvalue weighted by molar-refractivity contribution is 6.31. The van der Waals surface area contributed by atoms with Gasteiger partial charge in [-0.2, -0.15) is 8.78 Å². The molecule has 0 amide bonds. The van der Waals surface area contributed by atoms with Gasteiger partial charge in [0.2, 0.25) is 0 Å². The van der Waals surface area contributed by atoms with Crippen LogP contribution in [0, 0.1) is 12.7 Å². The summed E-state index contributed by atoms with van der Waals surface area (Å²) in [4.78, 5) is 0. The van der Waals surface area contributed by atoms with Gasteiger partial charge in [0.1, 0.15) is 5.82 Å². The third kappa shape index (κ3) is 2.29. The number of halogens is 4. The zero-order valence-electron chi connectivity index (χ0n) is 9.37. The first-order valence-electron chi connectivity index (χ1n) is 5.50. The van der Waals surface area contributed by atoms with Crippen molar-refractivity contribution in [2.24, 2.45) is 0 Å². The lowest BCUT2D eigenvalue weighted by atomic mass is 9.98. The summed E-state index contributed by atoms with van der Waals surface area (Å²) in [6.45, 7) is 2.06. The maximum absolute atomic E-state index is 14.1. The summed E-state index contributed by atoms with van der Waals surface area (Å²) in [6.07, 6.45) is 1.07. The molecular formula is C12H13ClF3N.